The molecule has 2 heterocycles. The number of hydrogen-bond acceptors (Lipinski definition) is 4. The van der Waals surface area contributed by atoms with Crippen LogP contribution < -0.4 is 5.32 Å². The van der Waals surface area contributed by atoms with E-state index in [0.29, 0.717) is 5.58 Å². The molecule has 4 aromatic rings. The van der Waals surface area contributed by atoms with Crippen molar-refractivity contribution in [2.45, 2.75) is 13.0 Å². The topological polar surface area (TPSA) is 51.0 Å². The maximum Gasteiger partial charge on any atom is 0.185 e. The van der Waals surface area contributed by atoms with E-state index in [9.17, 15) is 0 Å². The molecule has 4 heteroatoms. The molecule has 0 fully saturated rings. The number of anilines is 1. The standard InChI is InChI=1S/C20H17N3O/c1-14(15-8-4-2-5-9-15)22-19-12-17-18(13-21-19)24-23-20(17)16-10-6-3-7-11-16/h2-14H,1H3,(H,21,22)/t14-/m0/s1. The predicted molar refractivity (Wildman–Crippen MR) is 95.7 cm³/mol. The van der Waals surface area contributed by atoms with E-state index in [1.54, 1.807) is 6.20 Å². The van der Waals surface area contributed by atoms with Gasteiger partial charge in [0.15, 0.2) is 5.58 Å². The third-order valence-electron chi connectivity index (χ3n) is 4.07. The van der Waals surface area contributed by atoms with Gasteiger partial charge in [-0.25, -0.2) is 4.98 Å². The summed E-state index contributed by atoms with van der Waals surface area (Å²) in [6, 6.07) is 22.5. The van der Waals surface area contributed by atoms with E-state index < -0.39 is 0 Å². The van der Waals surface area contributed by atoms with Gasteiger partial charge in [0.05, 0.1) is 11.6 Å². The molecule has 2 aromatic heterocycles. The van der Waals surface area contributed by atoms with E-state index in [1.165, 1.54) is 5.56 Å². The van der Waals surface area contributed by atoms with E-state index in [1.807, 2.05) is 54.6 Å². The van der Waals surface area contributed by atoms with Gasteiger partial charge >= 0.3 is 0 Å². The van der Waals surface area contributed by atoms with E-state index >= 15 is 0 Å². The Labute approximate surface area is 140 Å². The highest BCUT2D eigenvalue weighted by Crippen LogP contribution is 2.29. The molecule has 0 saturated carbocycles. The molecule has 1 atom stereocenters. The smallest absolute Gasteiger partial charge is 0.185 e. The minimum absolute atomic E-state index is 0.163. The molecule has 0 aliphatic carbocycles. The molecule has 0 aliphatic rings. The van der Waals surface area contributed by atoms with Crippen LogP contribution in [0.5, 0.6) is 0 Å². The first kappa shape index (κ1) is 14.5. The summed E-state index contributed by atoms with van der Waals surface area (Å²) in [5.41, 5.74) is 3.77. The van der Waals surface area contributed by atoms with E-state index in [0.717, 1.165) is 22.5 Å². The van der Waals surface area contributed by atoms with Crippen LogP contribution in [0.3, 0.4) is 0 Å². The Morgan fingerprint density at radius 1 is 0.958 bits per heavy atom. The second kappa shape index (κ2) is 6.16. The molecular formula is C20H17N3O. The van der Waals surface area contributed by atoms with Crippen LogP contribution >= 0.6 is 0 Å². The number of nitrogens with zero attached hydrogens (tertiary/aromatic N) is 2. The van der Waals surface area contributed by atoms with Gasteiger partial charge in [0.1, 0.15) is 11.5 Å². The van der Waals surface area contributed by atoms with E-state index in [-0.39, 0.29) is 6.04 Å². The highest BCUT2D eigenvalue weighted by atomic mass is 16.5. The number of fused-ring (bicyclic) bond motifs is 1. The number of rotatable bonds is 4. The summed E-state index contributed by atoms with van der Waals surface area (Å²) in [7, 11) is 0. The minimum atomic E-state index is 0.163. The monoisotopic (exact) mass is 315 g/mol. The van der Waals surface area contributed by atoms with Gasteiger partial charge in [-0.2, -0.15) is 0 Å². The SMILES string of the molecule is C[C@H](Nc1cc2c(-c3ccccc3)noc2cn1)c1ccccc1. The Morgan fingerprint density at radius 2 is 1.67 bits per heavy atom. The van der Waals surface area contributed by atoms with Crippen LogP contribution in [0.15, 0.2) is 77.4 Å². The fraction of sp³-hybridized carbons (Fsp3) is 0.100. The van der Waals surface area contributed by atoms with Crippen LogP contribution in [-0.2, 0) is 0 Å². The highest BCUT2D eigenvalue weighted by Gasteiger charge is 2.13. The van der Waals surface area contributed by atoms with Gasteiger partial charge in [-0.1, -0.05) is 65.8 Å². The van der Waals surface area contributed by atoms with Crippen molar-refractivity contribution in [3.63, 3.8) is 0 Å². The van der Waals surface area contributed by atoms with Crippen LogP contribution in [0.25, 0.3) is 22.2 Å². The zero-order chi connectivity index (χ0) is 16.4. The first-order valence-corrected chi connectivity index (χ1v) is 7.93. The minimum Gasteiger partial charge on any atom is -0.364 e. The Kier molecular flexibility index (Phi) is 3.71. The van der Waals surface area contributed by atoms with Crippen molar-refractivity contribution < 1.29 is 4.52 Å². The lowest BCUT2D eigenvalue weighted by atomic mass is 10.1. The largest absolute Gasteiger partial charge is 0.364 e. The summed E-state index contributed by atoms with van der Waals surface area (Å²) < 4.78 is 5.41. The van der Waals surface area contributed by atoms with Gasteiger partial charge in [0.2, 0.25) is 0 Å². The first-order chi connectivity index (χ1) is 11.8. The second-order valence-corrected chi connectivity index (χ2v) is 5.74. The average molecular weight is 315 g/mol. The molecule has 118 valence electrons. The molecule has 0 aliphatic heterocycles. The fourth-order valence-electron chi connectivity index (χ4n) is 2.77. The molecule has 0 spiro atoms. The molecule has 4 nitrogen and oxygen atoms in total. The third-order valence-corrected chi connectivity index (χ3v) is 4.07. The molecule has 24 heavy (non-hydrogen) atoms. The van der Waals surface area contributed by atoms with Crippen LogP contribution in [0.2, 0.25) is 0 Å². The maximum absolute atomic E-state index is 5.41. The van der Waals surface area contributed by atoms with Crippen molar-refractivity contribution in [3.8, 4) is 11.3 Å². The van der Waals surface area contributed by atoms with Crippen LogP contribution in [0, 0.1) is 0 Å². The van der Waals surface area contributed by atoms with Gasteiger partial charge < -0.3 is 9.84 Å². The summed E-state index contributed by atoms with van der Waals surface area (Å²) in [6.07, 6.45) is 1.72. The summed E-state index contributed by atoms with van der Waals surface area (Å²) in [4.78, 5) is 4.43. The van der Waals surface area contributed by atoms with Crippen molar-refractivity contribution in [1.29, 1.82) is 0 Å². The summed E-state index contributed by atoms with van der Waals surface area (Å²) in [5, 5.41) is 8.60. The second-order valence-electron chi connectivity index (χ2n) is 5.74. The van der Waals surface area contributed by atoms with Crippen LogP contribution in [0.1, 0.15) is 18.5 Å². The summed E-state index contributed by atoms with van der Waals surface area (Å²) in [5.74, 6) is 0.805. The number of hydrogen-bond donors (Lipinski definition) is 1. The van der Waals surface area contributed by atoms with Gasteiger partial charge in [-0.15, -0.1) is 0 Å². The zero-order valence-electron chi connectivity index (χ0n) is 13.3. The number of pyridine rings is 1. The molecule has 0 saturated heterocycles. The molecular weight excluding hydrogens is 298 g/mol. The Morgan fingerprint density at radius 3 is 2.42 bits per heavy atom. The van der Waals surface area contributed by atoms with Gasteiger partial charge in [-0.3, -0.25) is 0 Å². The Balaban J connectivity index is 1.68. The van der Waals surface area contributed by atoms with Gasteiger partial charge in [-0.05, 0) is 18.6 Å². The first-order valence-electron chi connectivity index (χ1n) is 7.93. The lowest BCUT2D eigenvalue weighted by Crippen LogP contribution is -2.07. The van der Waals surface area contributed by atoms with Crippen LogP contribution in [-0.4, -0.2) is 10.1 Å². The average Bonchev–Trinajstić information content (AvgIpc) is 3.06. The summed E-state index contributed by atoms with van der Waals surface area (Å²) >= 11 is 0. The number of benzene rings is 2. The molecule has 0 unspecified atom stereocenters. The van der Waals surface area contributed by atoms with Crippen molar-refractivity contribution in [2.24, 2.45) is 0 Å². The lowest BCUT2D eigenvalue weighted by molar-refractivity contribution is 0.458. The third kappa shape index (κ3) is 2.74. The predicted octanol–water partition coefficient (Wildman–Crippen LogP) is 5.06. The van der Waals surface area contributed by atoms with Crippen molar-refractivity contribution >= 4 is 16.8 Å². The quantitative estimate of drug-likeness (QED) is 0.571. The lowest BCUT2D eigenvalue weighted by Gasteiger charge is -2.14. The fourth-order valence-corrected chi connectivity index (χ4v) is 2.77. The van der Waals surface area contributed by atoms with Crippen molar-refractivity contribution in [1.82, 2.24) is 10.1 Å². The molecule has 4 rings (SSSR count). The zero-order valence-corrected chi connectivity index (χ0v) is 13.3. The molecule has 0 amide bonds. The number of nitrogens with one attached hydrogen (secondary N) is 1. The van der Waals surface area contributed by atoms with E-state index in [4.69, 9.17) is 4.52 Å². The molecule has 0 radical (unpaired) electrons. The maximum atomic E-state index is 5.41. The number of aromatic nitrogens is 2. The molecule has 2 aromatic carbocycles. The summed E-state index contributed by atoms with van der Waals surface area (Å²) in [6.45, 7) is 2.12. The normalized spacial score (nSPS) is 12.2. The van der Waals surface area contributed by atoms with Crippen molar-refractivity contribution in [3.05, 3.63) is 78.5 Å². The van der Waals surface area contributed by atoms with Crippen molar-refractivity contribution in [2.75, 3.05) is 5.32 Å². The van der Waals surface area contributed by atoms with E-state index in [2.05, 4.69) is 34.5 Å². The Bertz CT molecular complexity index is 948. The highest BCUT2D eigenvalue weighted by molar-refractivity contribution is 5.92. The molecule has 0 bridgehead atoms. The van der Waals surface area contributed by atoms with Crippen LogP contribution in [0.4, 0.5) is 5.82 Å². The van der Waals surface area contributed by atoms with Gasteiger partial charge in [0, 0.05) is 11.6 Å². The molecule has 1 N–H and O–H groups in total. The van der Waals surface area contributed by atoms with Gasteiger partial charge in [0.25, 0.3) is 0 Å². The Hall–Kier alpha value is -3.14.